The molecule has 1 aliphatic heterocycles. The molecule has 3 nitrogen and oxygen atoms in total. The summed E-state index contributed by atoms with van der Waals surface area (Å²) in [4.78, 5) is 13.5. The molecule has 0 spiro atoms. The van der Waals surface area contributed by atoms with Crippen molar-refractivity contribution in [2.45, 2.75) is 25.7 Å². The number of benzene rings is 1. The lowest BCUT2D eigenvalue weighted by molar-refractivity contribution is -0.114. The third kappa shape index (κ3) is 1.83. The van der Waals surface area contributed by atoms with Crippen molar-refractivity contribution in [1.82, 2.24) is 4.90 Å². The lowest BCUT2D eigenvalue weighted by Crippen LogP contribution is -2.26. The van der Waals surface area contributed by atoms with Gasteiger partial charge in [0.1, 0.15) is 0 Å². The number of fused-ring (bicyclic) bond motifs is 1. The van der Waals surface area contributed by atoms with Gasteiger partial charge in [-0.1, -0.05) is 19.1 Å². The first-order chi connectivity index (χ1) is 8.64. The van der Waals surface area contributed by atoms with Gasteiger partial charge in [-0.05, 0) is 36.6 Å². The van der Waals surface area contributed by atoms with Crippen molar-refractivity contribution in [2.75, 3.05) is 25.0 Å². The summed E-state index contributed by atoms with van der Waals surface area (Å²) in [7, 11) is 0. The number of likely N-dealkylation sites (N-methyl/N-ethyl adjacent to an activating group) is 1. The van der Waals surface area contributed by atoms with Gasteiger partial charge < -0.3 is 10.2 Å². The summed E-state index contributed by atoms with van der Waals surface area (Å²) < 4.78 is 0. The van der Waals surface area contributed by atoms with Crippen LogP contribution in [0.15, 0.2) is 24.3 Å². The Bertz CT molecular complexity index is 468. The minimum Gasteiger partial charge on any atom is -0.326 e. The summed E-state index contributed by atoms with van der Waals surface area (Å²) >= 11 is 0. The third-order valence-electron chi connectivity index (χ3n) is 4.44. The Hall–Kier alpha value is -1.35. The van der Waals surface area contributed by atoms with Crippen LogP contribution in [0.2, 0.25) is 0 Å². The number of hydrogen-bond donors (Lipinski definition) is 1. The summed E-state index contributed by atoms with van der Waals surface area (Å²) in [6.07, 6.45) is 1.34. The average Bonchev–Trinajstić information content (AvgIpc) is 2.92. The maximum atomic E-state index is 11.0. The number of nitrogens with zero attached hydrogens (tertiary/aromatic N) is 1. The molecule has 0 bridgehead atoms. The van der Waals surface area contributed by atoms with Gasteiger partial charge in [0, 0.05) is 31.1 Å². The van der Waals surface area contributed by atoms with Gasteiger partial charge in [-0.2, -0.15) is 0 Å². The van der Waals surface area contributed by atoms with Crippen LogP contribution in [0.3, 0.4) is 0 Å². The van der Waals surface area contributed by atoms with Crippen LogP contribution in [0.4, 0.5) is 5.69 Å². The van der Waals surface area contributed by atoms with E-state index in [1.54, 1.807) is 6.92 Å². The van der Waals surface area contributed by atoms with Gasteiger partial charge in [0.25, 0.3) is 0 Å². The molecule has 0 radical (unpaired) electrons. The highest BCUT2D eigenvalue weighted by atomic mass is 16.1. The van der Waals surface area contributed by atoms with Crippen LogP contribution in [-0.4, -0.2) is 30.4 Å². The van der Waals surface area contributed by atoms with E-state index in [9.17, 15) is 4.79 Å². The molecule has 3 heteroatoms. The lowest BCUT2D eigenvalue weighted by atomic mass is 9.95. The van der Waals surface area contributed by atoms with Crippen LogP contribution in [0.25, 0.3) is 0 Å². The first-order valence-corrected chi connectivity index (χ1v) is 6.74. The molecule has 2 unspecified atom stereocenters. The Morgan fingerprint density at radius 1 is 1.44 bits per heavy atom. The number of carbonyl (C=O) groups is 1. The van der Waals surface area contributed by atoms with Gasteiger partial charge in [-0.3, -0.25) is 4.79 Å². The third-order valence-corrected chi connectivity index (χ3v) is 4.44. The molecule has 1 aliphatic carbocycles. The monoisotopic (exact) mass is 244 g/mol. The highest BCUT2D eigenvalue weighted by molar-refractivity contribution is 5.88. The Balaban J connectivity index is 1.76. The summed E-state index contributed by atoms with van der Waals surface area (Å²) in [5.41, 5.74) is 2.76. The zero-order valence-corrected chi connectivity index (χ0v) is 11.1. The molecule has 1 heterocycles. The first kappa shape index (κ1) is 11.7. The first-order valence-electron chi connectivity index (χ1n) is 6.74. The van der Waals surface area contributed by atoms with E-state index in [1.807, 2.05) is 12.1 Å². The topological polar surface area (TPSA) is 32.3 Å². The number of hydrogen-bond acceptors (Lipinski definition) is 2. The zero-order chi connectivity index (χ0) is 12.8. The Morgan fingerprint density at radius 3 is 2.72 bits per heavy atom. The highest BCUT2D eigenvalue weighted by Gasteiger charge is 2.60. The summed E-state index contributed by atoms with van der Waals surface area (Å²) in [6, 6.07) is 8.42. The molecule has 1 saturated carbocycles. The molecule has 18 heavy (non-hydrogen) atoms. The second kappa shape index (κ2) is 4.09. The van der Waals surface area contributed by atoms with Crippen molar-refractivity contribution in [3.05, 3.63) is 29.8 Å². The van der Waals surface area contributed by atoms with Crippen molar-refractivity contribution in [2.24, 2.45) is 5.92 Å². The molecule has 3 rings (SSSR count). The largest absolute Gasteiger partial charge is 0.326 e. The fourth-order valence-electron chi connectivity index (χ4n) is 3.36. The Kier molecular flexibility index (Phi) is 2.67. The number of carbonyl (C=O) groups excluding carboxylic acids is 1. The van der Waals surface area contributed by atoms with E-state index in [1.165, 1.54) is 25.1 Å². The quantitative estimate of drug-likeness (QED) is 0.884. The standard InChI is InChI=1S/C15H20N2O/c1-3-17-9-13-8-15(13,10-17)12-4-6-14(7-5-12)16-11(2)18/h4-7,13H,3,8-10H2,1-2H3,(H,16,18). The van der Waals surface area contributed by atoms with Crippen LogP contribution >= 0.6 is 0 Å². The van der Waals surface area contributed by atoms with Crippen molar-refractivity contribution in [3.8, 4) is 0 Å². The summed E-state index contributed by atoms with van der Waals surface area (Å²) in [5.74, 6) is 0.840. The van der Waals surface area contributed by atoms with Gasteiger partial charge in [0.2, 0.25) is 5.91 Å². The van der Waals surface area contributed by atoms with Crippen LogP contribution in [0.5, 0.6) is 0 Å². The minimum absolute atomic E-state index is 0.0109. The number of amides is 1. The molecule has 2 atom stereocenters. The fraction of sp³-hybridized carbons (Fsp3) is 0.533. The molecule has 2 fully saturated rings. The van der Waals surface area contributed by atoms with Crippen LogP contribution in [-0.2, 0) is 10.2 Å². The lowest BCUT2D eigenvalue weighted by Gasteiger charge is -2.19. The van der Waals surface area contributed by atoms with Crippen LogP contribution in [0.1, 0.15) is 25.8 Å². The van der Waals surface area contributed by atoms with Crippen LogP contribution < -0.4 is 5.32 Å². The smallest absolute Gasteiger partial charge is 0.221 e. The molecule has 2 aliphatic rings. The van der Waals surface area contributed by atoms with Gasteiger partial charge in [0.15, 0.2) is 0 Å². The molecule has 1 aromatic carbocycles. The SMILES string of the molecule is CCN1CC2CC2(c2ccc(NC(C)=O)cc2)C1. The van der Waals surface area contributed by atoms with E-state index in [0.29, 0.717) is 5.41 Å². The number of likely N-dealkylation sites (tertiary alicyclic amines) is 1. The van der Waals surface area contributed by atoms with E-state index < -0.39 is 0 Å². The van der Waals surface area contributed by atoms with Crippen molar-refractivity contribution < 1.29 is 4.79 Å². The minimum atomic E-state index is -0.0109. The number of rotatable bonds is 3. The van der Waals surface area contributed by atoms with E-state index in [2.05, 4.69) is 29.3 Å². The van der Waals surface area contributed by atoms with E-state index in [-0.39, 0.29) is 5.91 Å². The molecule has 0 aromatic heterocycles. The van der Waals surface area contributed by atoms with Gasteiger partial charge in [-0.25, -0.2) is 0 Å². The number of nitrogens with one attached hydrogen (secondary N) is 1. The van der Waals surface area contributed by atoms with Crippen molar-refractivity contribution in [3.63, 3.8) is 0 Å². The molecular formula is C15H20N2O. The average molecular weight is 244 g/mol. The maximum Gasteiger partial charge on any atom is 0.221 e. The molecule has 1 aromatic rings. The van der Waals surface area contributed by atoms with Crippen LogP contribution in [0, 0.1) is 5.92 Å². The van der Waals surface area contributed by atoms with Gasteiger partial charge in [0.05, 0.1) is 0 Å². The summed E-state index contributed by atoms with van der Waals surface area (Å²) in [6.45, 7) is 7.39. The van der Waals surface area contributed by atoms with Crippen molar-refractivity contribution in [1.29, 1.82) is 0 Å². The molecule has 96 valence electrons. The highest BCUT2D eigenvalue weighted by Crippen LogP contribution is 2.58. The zero-order valence-electron chi connectivity index (χ0n) is 11.1. The van der Waals surface area contributed by atoms with E-state index in [4.69, 9.17) is 0 Å². The second-order valence-electron chi connectivity index (χ2n) is 5.64. The van der Waals surface area contributed by atoms with Gasteiger partial charge >= 0.3 is 0 Å². The van der Waals surface area contributed by atoms with Crippen molar-refractivity contribution >= 4 is 11.6 Å². The second-order valence-corrected chi connectivity index (χ2v) is 5.64. The summed E-state index contributed by atoms with van der Waals surface area (Å²) in [5, 5.41) is 2.82. The molecule has 1 saturated heterocycles. The fourth-order valence-corrected chi connectivity index (χ4v) is 3.36. The predicted octanol–water partition coefficient (Wildman–Crippen LogP) is 2.24. The normalized spacial score (nSPS) is 30.0. The van der Waals surface area contributed by atoms with E-state index in [0.717, 1.165) is 18.2 Å². The van der Waals surface area contributed by atoms with Gasteiger partial charge in [-0.15, -0.1) is 0 Å². The Morgan fingerprint density at radius 2 is 2.17 bits per heavy atom. The number of piperidine rings is 1. The molecule has 1 N–H and O–H groups in total. The number of anilines is 1. The molecular weight excluding hydrogens is 224 g/mol. The maximum absolute atomic E-state index is 11.0. The predicted molar refractivity (Wildman–Crippen MR) is 72.6 cm³/mol. The molecule has 1 amide bonds. The Labute approximate surface area is 108 Å². The van der Waals surface area contributed by atoms with E-state index >= 15 is 0 Å².